The van der Waals surface area contributed by atoms with Crippen LogP contribution < -0.4 is 0 Å². The van der Waals surface area contributed by atoms with E-state index >= 15 is 0 Å². The summed E-state index contributed by atoms with van der Waals surface area (Å²) in [5, 5.41) is 1.27. The van der Waals surface area contributed by atoms with Crippen molar-refractivity contribution in [3.05, 3.63) is 41.4 Å². The van der Waals surface area contributed by atoms with Crippen LogP contribution in [0.5, 0.6) is 0 Å². The quantitative estimate of drug-likeness (QED) is 0.834. The Morgan fingerprint density at radius 1 is 1.17 bits per heavy atom. The number of morpholine rings is 1. The molecule has 1 aliphatic rings. The van der Waals surface area contributed by atoms with Crippen LogP contribution in [0.25, 0.3) is 0 Å². The number of aryl methyl sites for hydroxylation is 1. The van der Waals surface area contributed by atoms with E-state index in [0.717, 1.165) is 18.7 Å². The third-order valence-corrected chi connectivity index (χ3v) is 4.26. The maximum atomic E-state index is 12.0. The molecule has 1 saturated heterocycles. The van der Waals surface area contributed by atoms with Gasteiger partial charge in [-0.05, 0) is 19.1 Å². The Hall–Kier alpha value is -1.33. The van der Waals surface area contributed by atoms with E-state index in [4.69, 9.17) is 4.74 Å². The summed E-state index contributed by atoms with van der Waals surface area (Å²) in [6.07, 6.45) is 1.64. The predicted molar refractivity (Wildman–Crippen MR) is 69.9 cm³/mol. The molecule has 0 amide bonds. The van der Waals surface area contributed by atoms with Crippen molar-refractivity contribution in [3.8, 4) is 0 Å². The third kappa shape index (κ3) is 3.34. The molecule has 1 heterocycles. The van der Waals surface area contributed by atoms with Gasteiger partial charge in [0.05, 0.1) is 23.5 Å². The maximum Gasteiger partial charge on any atom is 0.201 e. The molecule has 1 aliphatic heterocycles. The SMILES string of the molecule is Cc1ccc(S(=O)(=O)C=CN2CCOCC2)cc1. The van der Waals surface area contributed by atoms with Crippen LogP contribution in [0.4, 0.5) is 0 Å². The first-order valence-corrected chi connectivity index (χ1v) is 7.44. The van der Waals surface area contributed by atoms with Gasteiger partial charge in [-0.2, -0.15) is 0 Å². The first kappa shape index (κ1) is 13.1. The molecule has 0 bridgehead atoms. The van der Waals surface area contributed by atoms with E-state index in [1.54, 1.807) is 30.5 Å². The summed E-state index contributed by atoms with van der Waals surface area (Å²) in [6.45, 7) is 4.70. The molecule has 0 N–H and O–H groups in total. The zero-order valence-electron chi connectivity index (χ0n) is 10.4. The van der Waals surface area contributed by atoms with Crippen molar-refractivity contribution in [2.24, 2.45) is 0 Å². The van der Waals surface area contributed by atoms with Crippen molar-refractivity contribution in [1.82, 2.24) is 4.90 Å². The van der Waals surface area contributed by atoms with Gasteiger partial charge in [-0.25, -0.2) is 8.42 Å². The number of sulfone groups is 1. The molecule has 0 unspecified atom stereocenters. The van der Waals surface area contributed by atoms with E-state index in [9.17, 15) is 8.42 Å². The van der Waals surface area contributed by atoms with Crippen molar-refractivity contribution < 1.29 is 13.2 Å². The van der Waals surface area contributed by atoms with Gasteiger partial charge in [-0.15, -0.1) is 0 Å². The standard InChI is InChI=1S/C13H17NO3S/c1-12-2-4-13(5-3-12)18(15,16)11-8-14-6-9-17-10-7-14/h2-5,8,11H,6-7,9-10H2,1H3. The van der Waals surface area contributed by atoms with Crippen molar-refractivity contribution in [1.29, 1.82) is 0 Å². The molecule has 0 radical (unpaired) electrons. The Morgan fingerprint density at radius 3 is 2.39 bits per heavy atom. The second kappa shape index (κ2) is 5.54. The smallest absolute Gasteiger partial charge is 0.201 e. The molecule has 1 fully saturated rings. The lowest BCUT2D eigenvalue weighted by atomic mass is 10.2. The Kier molecular flexibility index (Phi) is 4.04. The van der Waals surface area contributed by atoms with Gasteiger partial charge in [0.1, 0.15) is 0 Å². The molecule has 0 spiro atoms. The van der Waals surface area contributed by atoms with Crippen molar-refractivity contribution in [2.75, 3.05) is 26.3 Å². The normalized spacial score (nSPS) is 17.3. The highest BCUT2D eigenvalue weighted by Crippen LogP contribution is 2.13. The molecule has 0 saturated carbocycles. The minimum absolute atomic E-state index is 0.331. The molecule has 4 nitrogen and oxygen atoms in total. The Labute approximate surface area is 108 Å². The lowest BCUT2D eigenvalue weighted by molar-refractivity contribution is 0.0595. The van der Waals surface area contributed by atoms with E-state index in [1.807, 2.05) is 11.8 Å². The maximum absolute atomic E-state index is 12.0. The summed E-state index contributed by atoms with van der Waals surface area (Å²) < 4.78 is 29.3. The van der Waals surface area contributed by atoms with Crippen LogP contribution in [0.1, 0.15) is 5.56 Å². The minimum atomic E-state index is -3.34. The van der Waals surface area contributed by atoms with Gasteiger partial charge in [0.15, 0.2) is 0 Å². The minimum Gasteiger partial charge on any atom is -0.378 e. The average molecular weight is 267 g/mol. The molecule has 1 aromatic carbocycles. The molecule has 0 aromatic heterocycles. The van der Waals surface area contributed by atoms with Crippen LogP contribution in [0.3, 0.4) is 0 Å². The van der Waals surface area contributed by atoms with Crippen LogP contribution in [0.15, 0.2) is 40.8 Å². The Balaban J connectivity index is 2.11. The monoisotopic (exact) mass is 267 g/mol. The second-order valence-electron chi connectivity index (χ2n) is 4.29. The molecule has 1 aromatic rings. The van der Waals surface area contributed by atoms with Crippen LogP contribution in [-0.2, 0) is 14.6 Å². The summed E-state index contributed by atoms with van der Waals surface area (Å²) in [6, 6.07) is 6.87. The highest BCUT2D eigenvalue weighted by Gasteiger charge is 2.11. The highest BCUT2D eigenvalue weighted by atomic mass is 32.2. The van der Waals surface area contributed by atoms with E-state index in [-0.39, 0.29) is 0 Å². The first-order chi connectivity index (χ1) is 8.58. The molecule has 5 heteroatoms. The van der Waals surface area contributed by atoms with Crippen molar-refractivity contribution in [3.63, 3.8) is 0 Å². The van der Waals surface area contributed by atoms with Gasteiger partial charge in [-0.1, -0.05) is 17.7 Å². The summed E-state index contributed by atoms with van der Waals surface area (Å²) in [7, 11) is -3.34. The summed E-state index contributed by atoms with van der Waals surface area (Å²) in [5.41, 5.74) is 1.05. The lowest BCUT2D eigenvalue weighted by Gasteiger charge is -2.24. The molecule has 18 heavy (non-hydrogen) atoms. The molecule has 98 valence electrons. The van der Waals surface area contributed by atoms with E-state index in [2.05, 4.69) is 0 Å². The Morgan fingerprint density at radius 2 is 1.78 bits per heavy atom. The van der Waals surface area contributed by atoms with Gasteiger partial charge >= 0.3 is 0 Å². The van der Waals surface area contributed by atoms with Gasteiger partial charge in [0.25, 0.3) is 0 Å². The number of benzene rings is 1. The summed E-state index contributed by atoms with van der Waals surface area (Å²) in [4.78, 5) is 2.28. The van der Waals surface area contributed by atoms with Crippen molar-refractivity contribution in [2.45, 2.75) is 11.8 Å². The fraction of sp³-hybridized carbons (Fsp3) is 0.385. The number of hydrogen-bond acceptors (Lipinski definition) is 4. The number of nitrogens with zero attached hydrogens (tertiary/aromatic N) is 1. The lowest BCUT2D eigenvalue weighted by Crippen LogP contribution is -2.32. The number of ether oxygens (including phenoxy) is 1. The van der Waals surface area contributed by atoms with Crippen LogP contribution in [-0.4, -0.2) is 39.6 Å². The Bertz CT molecular complexity index is 514. The predicted octanol–water partition coefficient (Wildman–Crippen LogP) is 1.57. The zero-order valence-corrected chi connectivity index (χ0v) is 11.2. The van der Waals surface area contributed by atoms with Crippen molar-refractivity contribution >= 4 is 9.84 Å². The van der Waals surface area contributed by atoms with Gasteiger partial charge in [-0.3, -0.25) is 0 Å². The number of hydrogen-bond donors (Lipinski definition) is 0. The second-order valence-corrected chi connectivity index (χ2v) is 6.13. The topological polar surface area (TPSA) is 46.6 Å². The molecular formula is C13H17NO3S. The largest absolute Gasteiger partial charge is 0.378 e. The van der Waals surface area contributed by atoms with Gasteiger partial charge < -0.3 is 9.64 Å². The highest BCUT2D eigenvalue weighted by molar-refractivity contribution is 7.94. The molecule has 0 aliphatic carbocycles. The fourth-order valence-corrected chi connectivity index (χ4v) is 2.70. The van der Waals surface area contributed by atoms with Crippen LogP contribution in [0, 0.1) is 6.92 Å². The van der Waals surface area contributed by atoms with Gasteiger partial charge in [0.2, 0.25) is 9.84 Å². The molecule has 0 atom stereocenters. The molecular weight excluding hydrogens is 250 g/mol. The van der Waals surface area contributed by atoms with Gasteiger partial charge in [0, 0.05) is 19.3 Å². The van der Waals surface area contributed by atoms with E-state index < -0.39 is 9.84 Å². The van der Waals surface area contributed by atoms with Crippen LogP contribution in [0.2, 0.25) is 0 Å². The summed E-state index contributed by atoms with van der Waals surface area (Å²) >= 11 is 0. The van der Waals surface area contributed by atoms with E-state index in [0.29, 0.717) is 18.1 Å². The number of rotatable bonds is 3. The summed E-state index contributed by atoms with van der Waals surface area (Å²) in [5.74, 6) is 0. The van der Waals surface area contributed by atoms with Crippen LogP contribution >= 0.6 is 0 Å². The average Bonchev–Trinajstić information content (AvgIpc) is 2.38. The molecule has 2 rings (SSSR count). The third-order valence-electron chi connectivity index (χ3n) is 2.85. The van der Waals surface area contributed by atoms with E-state index in [1.165, 1.54) is 5.41 Å². The fourth-order valence-electron chi connectivity index (χ4n) is 1.70. The zero-order chi connectivity index (χ0) is 13.0. The first-order valence-electron chi connectivity index (χ1n) is 5.90.